The van der Waals surface area contributed by atoms with Crippen LogP contribution in [0.1, 0.15) is 0 Å². The zero-order valence-corrected chi connectivity index (χ0v) is 7.15. The fourth-order valence-electron chi connectivity index (χ4n) is 0.959. The summed E-state index contributed by atoms with van der Waals surface area (Å²) in [4.78, 5) is 4.97. The molecule has 0 bridgehead atoms. The molecule has 2 heterocycles. The van der Waals surface area contributed by atoms with Gasteiger partial charge in [0.2, 0.25) is 0 Å². The van der Waals surface area contributed by atoms with E-state index in [2.05, 4.69) is 22.7 Å². The van der Waals surface area contributed by atoms with Crippen molar-refractivity contribution in [1.29, 1.82) is 0 Å². The molecule has 0 aliphatic rings. The van der Waals surface area contributed by atoms with Gasteiger partial charge in [0.15, 0.2) is 5.82 Å². The molecule has 0 saturated carbocycles. The molecule has 0 aliphatic heterocycles. The van der Waals surface area contributed by atoms with Crippen LogP contribution >= 0.6 is 12.6 Å². The van der Waals surface area contributed by atoms with Crippen LogP contribution in [0.25, 0.3) is 5.82 Å². The third-order valence-electron chi connectivity index (χ3n) is 1.49. The molecular weight excluding hydrogens is 170 g/mol. The highest BCUT2D eigenvalue weighted by Gasteiger charge is 2.00. The normalized spacial score (nSPS) is 10.1. The Morgan fingerprint density at radius 3 is 2.83 bits per heavy atom. The summed E-state index contributed by atoms with van der Waals surface area (Å²) in [5.74, 6) is 0.755. The zero-order valence-electron chi connectivity index (χ0n) is 6.25. The lowest BCUT2D eigenvalue weighted by Gasteiger charge is -2.01. The lowest BCUT2D eigenvalue weighted by atomic mass is 10.4. The second-order valence-corrected chi connectivity index (χ2v) is 2.78. The van der Waals surface area contributed by atoms with E-state index in [0.717, 1.165) is 10.7 Å². The van der Waals surface area contributed by atoms with E-state index < -0.39 is 0 Å². The highest BCUT2D eigenvalue weighted by atomic mass is 32.1. The van der Waals surface area contributed by atoms with Gasteiger partial charge in [-0.05, 0) is 18.2 Å². The first-order chi connectivity index (χ1) is 5.88. The van der Waals surface area contributed by atoms with Gasteiger partial charge >= 0.3 is 0 Å². The van der Waals surface area contributed by atoms with E-state index in [1.165, 1.54) is 0 Å². The summed E-state index contributed by atoms with van der Waals surface area (Å²) < 4.78 is 1.68. The van der Waals surface area contributed by atoms with Gasteiger partial charge in [-0.15, -0.1) is 12.6 Å². The Morgan fingerprint density at radius 1 is 1.25 bits per heavy atom. The van der Waals surface area contributed by atoms with Crippen molar-refractivity contribution >= 4 is 12.6 Å². The molecule has 0 saturated heterocycles. The molecule has 0 radical (unpaired) electrons. The van der Waals surface area contributed by atoms with Gasteiger partial charge in [0.25, 0.3) is 0 Å². The Morgan fingerprint density at radius 2 is 2.17 bits per heavy atom. The zero-order chi connectivity index (χ0) is 8.39. The van der Waals surface area contributed by atoms with Gasteiger partial charge < -0.3 is 0 Å². The van der Waals surface area contributed by atoms with Gasteiger partial charge in [0.05, 0.1) is 0 Å². The Kier molecular flexibility index (Phi) is 1.83. The molecule has 0 aliphatic carbocycles. The van der Waals surface area contributed by atoms with E-state index in [4.69, 9.17) is 0 Å². The number of thiol groups is 1. The minimum atomic E-state index is 0.755. The number of aromatic nitrogens is 3. The Bertz CT molecular complexity index is 370. The quantitative estimate of drug-likeness (QED) is 0.670. The fraction of sp³-hybridized carbons (Fsp3) is 0. The van der Waals surface area contributed by atoms with Crippen LogP contribution in [0.15, 0.2) is 41.7 Å². The summed E-state index contributed by atoms with van der Waals surface area (Å²) in [7, 11) is 0. The van der Waals surface area contributed by atoms with Crippen LogP contribution in [0.2, 0.25) is 0 Å². The Balaban J connectivity index is 2.55. The highest BCUT2D eigenvalue weighted by Crippen LogP contribution is 2.13. The van der Waals surface area contributed by atoms with Gasteiger partial charge in [-0.3, -0.25) is 0 Å². The molecule has 2 aromatic heterocycles. The minimum Gasteiger partial charge on any atom is -0.236 e. The number of pyridine rings is 1. The second-order valence-electron chi connectivity index (χ2n) is 2.30. The molecule has 0 aromatic carbocycles. The highest BCUT2D eigenvalue weighted by molar-refractivity contribution is 7.80. The van der Waals surface area contributed by atoms with Crippen molar-refractivity contribution in [2.24, 2.45) is 0 Å². The fourth-order valence-corrected chi connectivity index (χ4v) is 1.21. The second kappa shape index (κ2) is 2.98. The summed E-state index contributed by atoms with van der Waals surface area (Å²) in [5, 5.41) is 4.05. The first-order valence-corrected chi connectivity index (χ1v) is 3.96. The van der Waals surface area contributed by atoms with Crippen molar-refractivity contribution in [1.82, 2.24) is 14.8 Å². The minimum absolute atomic E-state index is 0.755. The summed E-state index contributed by atoms with van der Waals surface area (Å²) in [6.07, 6.45) is 5.26. The van der Waals surface area contributed by atoms with E-state index in [1.54, 1.807) is 17.1 Å². The largest absolute Gasteiger partial charge is 0.236 e. The molecule has 4 heteroatoms. The molecule has 3 nitrogen and oxygen atoms in total. The van der Waals surface area contributed by atoms with Crippen molar-refractivity contribution in [3.05, 3.63) is 36.8 Å². The molecule has 0 amide bonds. The molecule has 0 spiro atoms. The summed E-state index contributed by atoms with van der Waals surface area (Å²) >= 11 is 4.26. The standard InChI is InChI=1S/C8H7N3S/c12-7-3-1-4-9-8(7)11-6-2-5-10-11/h1-6,12H. The van der Waals surface area contributed by atoms with Crippen molar-refractivity contribution in [3.8, 4) is 5.82 Å². The average Bonchev–Trinajstić information content (AvgIpc) is 2.57. The first kappa shape index (κ1) is 7.36. The monoisotopic (exact) mass is 177 g/mol. The average molecular weight is 177 g/mol. The van der Waals surface area contributed by atoms with E-state index in [1.807, 2.05) is 24.4 Å². The van der Waals surface area contributed by atoms with Crippen molar-refractivity contribution < 1.29 is 0 Å². The number of hydrogen-bond acceptors (Lipinski definition) is 3. The SMILES string of the molecule is Sc1cccnc1-n1cccn1. The van der Waals surface area contributed by atoms with E-state index in [0.29, 0.717) is 0 Å². The molecule has 0 atom stereocenters. The molecule has 2 aromatic rings. The van der Waals surface area contributed by atoms with Gasteiger partial charge in [0.1, 0.15) is 0 Å². The maximum atomic E-state index is 4.26. The molecule has 2 rings (SSSR count). The maximum Gasteiger partial charge on any atom is 0.166 e. The molecule has 0 N–H and O–H groups in total. The van der Waals surface area contributed by atoms with Gasteiger partial charge in [-0.25, -0.2) is 9.67 Å². The van der Waals surface area contributed by atoms with Crippen molar-refractivity contribution in [2.75, 3.05) is 0 Å². The molecule has 12 heavy (non-hydrogen) atoms. The third-order valence-corrected chi connectivity index (χ3v) is 1.84. The van der Waals surface area contributed by atoms with Crippen LogP contribution < -0.4 is 0 Å². The van der Waals surface area contributed by atoms with Crippen molar-refractivity contribution in [2.45, 2.75) is 4.90 Å². The number of hydrogen-bond donors (Lipinski definition) is 1. The lowest BCUT2D eigenvalue weighted by molar-refractivity contribution is 0.826. The first-order valence-electron chi connectivity index (χ1n) is 3.52. The predicted molar refractivity (Wildman–Crippen MR) is 48.6 cm³/mol. The predicted octanol–water partition coefficient (Wildman–Crippen LogP) is 1.56. The molecule has 0 fully saturated rings. The van der Waals surface area contributed by atoms with E-state index in [-0.39, 0.29) is 0 Å². The van der Waals surface area contributed by atoms with Crippen LogP contribution in [-0.2, 0) is 0 Å². The topological polar surface area (TPSA) is 30.7 Å². The van der Waals surface area contributed by atoms with Crippen LogP contribution in [-0.4, -0.2) is 14.8 Å². The van der Waals surface area contributed by atoms with Gasteiger partial charge in [-0.1, -0.05) is 0 Å². The van der Waals surface area contributed by atoms with Crippen molar-refractivity contribution in [3.63, 3.8) is 0 Å². The summed E-state index contributed by atoms with van der Waals surface area (Å²) in [5.41, 5.74) is 0. The van der Waals surface area contributed by atoms with E-state index >= 15 is 0 Å². The summed E-state index contributed by atoms with van der Waals surface area (Å²) in [6.45, 7) is 0. The lowest BCUT2D eigenvalue weighted by Crippen LogP contribution is -1.98. The Hall–Kier alpha value is -1.29. The molecule has 0 unspecified atom stereocenters. The van der Waals surface area contributed by atoms with Gasteiger partial charge in [0, 0.05) is 23.5 Å². The summed E-state index contributed by atoms with van der Waals surface area (Å²) in [6, 6.07) is 5.57. The van der Waals surface area contributed by atoms with E-state index in [9.17, 15) is 0 Å². The smallest absolute Gasteiger partial charge is 0.166 e. The van der Waals surface area contributed by atoms with Crippen LogP contribution in [0.4, 0.5) is 0 Å². The van der Waals surface area contributed by atoms with Crippen LogP contribution in [0, 0.1) is 0 Å². The molecular formula is C8H7N3S. The number of rotatable bonds is 1. The van der Waals surface area contributed by atoms with Crippen LogP contribution in [0.5, 0.6) is 0 Å². The van der Waals surface area contributed by atoms with Crippen LogP contribution in [0.3, 0.4) is 0 Å². The third kappa shape index (κ3) is 1.21. The van der Waals surface area contributed by atoms with Gasteiger partial charge in [-0.2, -0.15) is 5.10 Å². The molecule has 60 valence electrons. The number of nitrogens with zero attached hydrogens (tertiary/aromatic N) is 3. The Labute approximate surface area is 75.5 Å². The maximum absolute atomic E-state index is 4.26.